The van der Waals surface area contributed by atoms with Crippen LogP contribution in [0.2, 0.25) is 10.0 Å². The normalized spacial score (nSPS) is 10.9. The minimum atomic E-state index is -0.612. The van der Waals surface area contributed by atoms with Crippen LogP contribution in [0.4, 0.5) is 11.4 Å². The summed E-state index contributed by atoms with van der Waals surface area (Å²) in [7, 11) is 0. The Hall–Kier alpha value is -4.84. The maximum absolute atomic E-state index is 12.7. The van der Waals surface area contributed by atoms with Crippen LogP contribution in [-0.2, 0) is 18.0 Å². The molecule has 8 nitrogen and oxygen atoms in total. The second kappa shape index (κ2) is 13.3. The first-order valence-electron chi connectivity index (χ1n) is 11.9. The van der Waals surface area contributed by atoms with Crippen LogP contribution in [-0.4, -0.2) is 10.8 Å². The third kappa shape index (κ3) is 7.60. The van der Waals surface area contributed by atoms with E-state index in [0.717, 1.165) is 5.56 Å². The Kier molecular flexibility index (Phi) is 9.36. The number of rotatable bonds is 10. The van der Waals surface area contributed by atoms with Crippen molar-refractivity contribution < 1.29 is 19.2 Å². The lowest BCUT2D eigenvalue weighted by molar-refractivity contribution is -0.384. The van der Waals surface area contributed by atoms with Crippen molar-refractivity contribution in [3.63, 3.8) is 0 Å². The first-order chi connectivity index (χ1) is 19.3. The average Bonchev–Trinajstić information content (AvgIpc) is 2.95. The molecule has 40 heavy (non-hydrogen) atoms. The number of hydrogen-bond acceptors (Lipinski definition) is 6. The van der Waals surface area contributed by atoms with Gasteiger partial charge < -0.3 is 14.8 Å². The lowest BCUT2D eigenvalue weighted by Crippen LogP contribution is -2.13. The van der Waals surface area contributed by atoms with Gasteiger partial charge >= 0.3 is 0 Å². The topological polar surface area (TPSA) is 114 Å². The number of nitrogens with one attached hydrogen (secondary N) is 1. The molecule has 0 unspecified atom stereocenters. The van der Waals surface area contributed by atoms with E-state index in [1.807, 2.05) is 36.4 Å². The van der Waals surface area contributed by atoms with E-state index in [1.165, 1.54) is 30.3 Å². The Morgan fingerprint density at radius 3 is 2.20 bits per heavy atom. The van der Waals surface area contributed by atoms with Crippen LogP contribution in [0.15, 0.2) is 96.6 Å². The van der Waals surface area contributed by atoms with Crippen molar-refractivity contribution in [3.05, 3.63) is 133 Å². The summed E-state index contributed by atoms with van der Waals surface area (Å²) in [6.07, 6.45) is 1.36. The van der Waals surface area contributed by atoms with Crippen molar-refractivity contribution in [2.24, 2.45) is 0 Å². The molecule has 0 bridgehead atoms. The van der Waals surface area contributed by atoms with Crippen LogP contribution in [0, 0.1) is 21.4 Å². The van der Waals surface area contributed by atoms with E-state index in [2.05, 4.69) is 5.32 Å². The van der Waals surface area contributed by atoms with Crippen LogP contribution in [0.3, 0.4) is 0 Å². The summed E-state index contributed by atoms with van der Waals surface area (Å²) >= 11 is 12.7. The van der Waals surface area contributed by atoms with Crippen LogP contribution in [0.5, 0.6) is 11.5 Å². The minimum Gasteiger partial charge on any atom is -0.489 e. The van der Waals surface area contributed by atoms with Gasteiger partial charge in [-0.25, -0.2) is 0 Å². The molecule has 0 aliphatic carbocycles. The molecule has 0 saturated heterocycles. The summed E-state index contributed by atoms with van der Waals surface area (Å²) in [6, 6.07) is 27.4. The highest BCUT2D eigenvalue weighted by Crippen LogP contribution is 2.35. The molecule has 0 aliphatic rings. The molecule has 0 fully saturated rings. The fourth-order valence-electron chi connectivity index (χ4n) is 3.61. The minimum absolute atomic E-state index is 0.00174. The van der Waals surface area contributed by atoms with Gasteiger partial charge in [0.1, 0.15) is 30.6 Å². The number of nitrogens with zero attached hydrogens (tertiary/aromatic N) is 2. The second-order valence-corrected chi connectivity index (χ2v) is 9.27. The van der Waals surface area contributed by atoms with Gasteiger partial charge in [0, 0.05) is 17.8 Å². The third-order valence-corrected chi connectivity index (χ3v) is 6.12. The van der Waals surface area contributed by atoms with E-state index in [1.54, 1.807) is 36.4 Å². The molecule has 0 aliphatic heterocycles. The molecule has 0 heterocycles. The molecule has 1 N–H and O–H groups in total. The van der Waals surface area contributed by atoms with Crippen LogP contribution < -0.4 is 14.8 Å². The molecule has 0 radical (unpaired) electrons. The van der Waals surface area contributed by atoms with E-state index >= 15 is 0 Å². The molecular weight excluding hydrogens is 553 g/mol. The summed E-state index contributed by atoms with van der Waals surface area (Å²) in [5, 5.41) is 23.5. The van der Waals surface area contributed by atoms with E-state index < -0.39 is 10.8 Å². The quantitative estimate of drug-likeness (QED) is 0.0903. The Bertz CT molecular complexity index is 1580. The van der Waals surface area contributed by atoms with Gasteiger partial charge in [-0.2, -0.15) is 5.26 Å². The number of halogens is 2. The summed E-state index contributed by atoms with van der Waals surface area (Å²) in [5.74, 6) is 0.193. The molecule has 200 valence electrons. The lowest BCUT2D eigenvalue weighted by atomic mass is 10.1. The fraction of sp³-hybridized carbons (Fsp3) is 0.0667. The predicted molar refractivity (Wildman–Crippen MR) is 153 cm³/mol. The molecule has 1 amide bonds. The number of nitro benzene ring substituents is 1. The smallest absolute Gasteiger partial charge is 0.269 e. The third-order valence-electron chi connectivity index (χ3n) is 5.56. The highest BCUT2D eigenvalue weighted by Gasteiger charge is 2.14. The van der Waals surface area contributed by atoms with Gasteiger partial charge in [0.05, 0.1) is 15.0 Å². The summed E-state index contributed by atoms with van der Waals surface area (Å²) < 4.78 is 11.4. The molecule has 0 aromatic heterocycles. The average molecular weight is 574 g/mol. The van der Waals surface area contributed by atoms with Gasteiger partial charge in [-0.3, -0.25) is 14.9 Å². The van der Waals surface area contributed by atoms with Gasteiger partial charge in [-0.1, -0.05) is 65.7 Å². The molecule has 4 rings (SSSR count). The zero-order valence-corrected chi connectivity index (χ0v) is 22.4. The Morgan fingerprint density at radius 1 is 0.900 bits per heavy atom. The van der Waals surface area contributed by atoms with Crippen LogP contribution in [0.1, 0.15) is 16.7 Å². The number of hydrogen-bond donors (Lipinski definition) is 1. The van der Waals surface area contributed by atoms with Crippen molar-refractivity contribution in [3.8, 4) is 17.6 Å². The number of non-ortho nitro benzene ring substituents is 1. The number of nitriles is 1. The maximum Gasteiger partial charge on any atom is 0.269 e. The molecule has 10 heteroatoms. The Morgan fingerprint density at radius 2 is 1.55 bits per heavy atom. The number of carbonyl (C=O) groups is 1. The zero-order valence-electron chi connectivity index (χ0n) is 20.8. The van der Waals surface area contributed by atoms with Gasteiger partial charge in [0.2, 0.25) is 0 Å². The first-order valence-corrected chi connectivity index (χ1v) is 12.6. The number of ether oxygens (including phenoxy) is 2. The van der Waals surface area contributed by atoms with E-state index in [0.29, 0.717) is 29.2 Å². The van der Waals surface area contributed by atoms with E-state index in [9.17, 15) is 20.2 Å². The number of nitro groups is 1. The molecule has 4 aromatic rings. The molecule has 0 spiro atoms. The second-order valence-electron chi connectivity index (χ2n) is 8.45. The zero-order chi connectivity index (χ0) is 28.5. The van der Waals surface area contributed by atoms with Crippen molar-refractivity contribution in [1.82, 2.24) is 0 Å². The van der Waals surface area contributed by atoms with E-state index in [4.69, 9.17) is 32.7 Å². The summed E-state index contributed by atoms with van der Waals surface area (Å²) in [6.45, 7) is 0.413. The van der Waals surface area contributed by atoms with Crippen molar-refractivity contribution in [1.29, 1.82) is 5.26 Å². The standard InChI is InChI=1S/C30H21Cl2N3O5/c31-27-15-22(16-28(32)29(27)40-19-21-7-4-8-25(14-21)35(37)38)13-23(17-33)30(36)34-24-9-11-26(12-10-24)39-18-20-5-2-1-3-6-20/h1-16H,18-19H2,(H,34,36)/b23-13+. The highest BCUT2D eigenvalue weighted by molar-refractivity contribution is 6.37. The van der Waals surface area contributed by atoms with Crippen molar-refractivity contribution >= 4 is 46.6 Å². The lowest BCUT2D eigenvalue weighted by Gasteiger charge is -2.11. The Labute approximate surface area is 240 Å². The number of carbonyl (C=O) groups excluding carboxylic acids is 1. The molecule has 0 saturated carbocycles. The predicted octanol–water partition coefficient (Wildman–Crippen LogP) is 7.61. The molecule has 0 atom stereocenters. The number of benzene rings is 4. The summed E-state index contributed by atoms with van der Waals surface area (Å²) in [5.41, 5.74) is 2.26. The maximum atomic E-state index is 12.7. The monoisotopic (exact) mass is 573 g/mol. The summed E-state index contributed by atoms with van der Waals surface area (Å²) in [4.78, 5) is 23.2. The van der Waals surface area contributed by atoms with E-state index in [-0.39, 0.29) is 33.7 Å². The Balaban J connectivity index is 1.40. The number of amides is 1. The van der Waals surface area contributed by atoms with Crippen molar-refractivity contribution in [2.45, 2.75) is 13.2 Å². The van der Waals surface area contributed by atoms with Crippen LogP contribution >= 0.6 is 23.2 Å². The SMILES string of the molecule is N#C/C(=C\c1cc(Cl)c(OCc2cccc([N+](=O)[O-])c2)c(Cl)c1)C(=O)Nc1ccc(OCc2ccccc2)cc1. The first kappa shape index (κ1) is 28.2. The van der Waals surface area contributed by atoms with Crippen LogP contribution in [0.25, 0.3) is 6.08 Å². The van der Waals surface area contributed by atoms with Crippen molar-refractivity contribution in [2.75, 3.05) is 5.32 Å². The van der Waals surface area contributed by atoms with Gasteiger partial charge in [-0.05, 0) is 59.2 Å². The molecule has 4 aromatic carbocycles. The van der Waals surface area contributed by atoms with Gasteiger partial charge in [0.15, 0.2) is 5.75 Å². The highest BCUT2D eigenvalue weighted by atomic mass is 35.5. The fourth-order valence-corrected chi connectivity index (χ4v) is 4.22. The largest absolute Gasteiger partial charge is 0.489 e. The number of anilines is 1. The molecular formula is C30H21Cl2N3O5. The van der Waals surface area contributed by atoms with Gasteiger partial charge in [0.25, 0.3) is 11.6 Å². The van der Waals surface area contributed by atoms with Gasteiger partial charge in [-0.15, -0.1) is 0 Å².